The molecule has 0 radical (unpaired) electrons. The maximum atomic E-state index is 12.5. The van der Waals surface area contributed by atoms with Crippen LogP contribution in [0, 0.1) is 0 Å². The van der Waals surface area contributed by atoms with Crippen LogP contribution < -0.4 is 46.5 Å². The van der Waals surface area contributed by atoms with Crippen molar-refractivity contribution in [2.24, 2.45) is 5.73 Å². The van der Waals surface area contributed by atoms with Crippen LogP contribution in [0.25, 0.3) is 0 Å². The number of hydrogen-bond acceptors (Lipinski definition) is 18. The molecule has 0 fully saturated rings. The van der Waals surface area contributed by atoms with Gasteiger partial charge in [0.25, 0.3) is 0 Å². The number of aliphatic hydroxyl groups excluding tert-OH is 1. The number of halogens is 1. The van der Waals surface area contributed by atoms with Crippen molar-refractivity contribution >= 4 is 94.0 Å². The normalized spacial score (nSPS) is 12.8. The summed E-state index contributed by atoms with van der Waals surface area (Å²) in [6.45, 7) is -0.509. The predicted molar refractivity (Wildman–Crippen MR) is 313 cm³/mol. The first-order valence-corrected chi connectivity index (χ1v) is 30.2. The Labute approximate surface area is 510 Å². The molecule has 0 spiro atoms. The number of primary amides is 1. The Morgan fingerprint density at radius 3 is 1.16 bits per heavy atom. The van der Waals surface area contributed by atoms with Gasteiger partial charge in [0, 0.05) is 74.6 Å². The van der Waals surface area contributed by atoms with E-state index in [0.717, 1.165) is 51.4 Å². The van der Waals surface area contributed by atoms with Gasteiger partial charge >= 0.3 is 23.9 Å². The van der Waals surface area contributed by atoms with Crippen molar-refractivity contribution < 1.29 is 102 Å². The summed E-state index contributed by atoms with van der Waals surface area (Å²) in [4.78, 5) is 144. The smallest absolute Gasteiger partial charge is 0.326 e. The lowest BCUT2D eigenvalue weighted by molar-refractivity contribution is -0.144. The molecule has 31 heteroatoms. The first-order chi connectivity index (χ1) is 40.7. The van der Waals surface area contributed by atoms with E-state index in [9.17, 15) is 78.0 Å². The zero-order chi connectivity index (χ0) is 63.5. The van der Waals surface area contributed by atoms with Crippen molar-refractivity contribution in [1.82, 2.24) is 40.7 Å². The molecular formula is C54H94IN9O21. The summed E-state index contributed by atoms with van der Waals surface area (Å²) in [5.74, 6) is -9.61. The highest BCUT2D eigenvalue weighted by Gasteiger charge is 2.26. The zero-order valence-electron chi connectivity index (χ0n) is 48.8. The van der Waals surface area contributed by atoms with Crippen molar-refractivity contribution in [3.63, 3.8) is 0 Å². The Morgan fingerprint density at radius 1 is 0.365 bits per heavy atom. The van der Waals surface area contributed by atoms with E-state index < -0.39 is 121 Å². The monoisotopic (exact) mass is 1330 g/mol. The van der Waals surface area contributed by atoms with Gasteiger partial charge in [0.15, 0.2) is 0 Å². The second-order valence-corrected chi connectivity index (χ2v) is 20.6. The standard InChI is InChI=1S/C54H94IN9O21/c55-64-42(35-65)51(75)63-38(50(56)74)17-15-16-26-57-43(66)23-20-40(53(78)79)61-46(69)25-22-41(54(80)81)62-48(71)37-85-34-32-83-30-28-59-47(70)36-84-33-31-82-29-27-58-44(67)24-21-39(52(76)77)60-45(68)18-13-11-9-7-5-3-1-2-4-6-8-10-12-14-19-49(72)73/h38-42,64-65H,1-37H2,(H2,56,74)(H,57,66)(H,58,67)(H,59,70)(H,60,68)(H,61,69)(H,62,71)(H,63,75)(H,72,73)(H,76,77)(H,78,79)(H,80,81)/t38-,39-,40-,41-,42-/m0/s1. The molecule has 0 aliphatic heterocycles. The van der Waals surface area contributed by atoms with Crippen LogP contribution in [0.5, 0.6) is 0 Å². The van der Waals surface area contributed by atoms with Crippen LogP contribution in [0.1, 0.15) is 161 Å². The third-order valence-corrected chi connectivity index (χ3v) is 13.6. The summed E-state index contributed by atoms with van der Waals surface area (Å²) < 4.78 is 23.7. The average molecular weight is 1330 g/mol. The molecule has 15 N–H and O–H groups in total. The van der Waals surface area contributed by atoms with Crippen LogP contribution in [-0.4, -0.2) is 206 Å². The molecule has 488 valence electrons. The molecule has 0 saturated carbocycles. The molecule has 0 aliphatic carbocycles. The van der Waals surface area contributed by atoms with E-state index in [1.165, 1.54) is 32.1 Å². The quantitative estimate of drug-likeness (QED) is 0.0220. The lowest BCUT2D eigenvalue weighted by Gasteiger charge is -2.19. The molecule has 0 rings (SSSR count). The van der Waals surface area contributed by atoms with Crippen LogP contribution >= 0.6 is 22.9 Å². The summed E-state index contributed by atoms with van der Waals surface area (Å²) in [6, 6.07) is -6.13. The van der Waals surface area contributed by atoms with Crippen molar-refractivity contribution in [3.8, 4) is 0 Å². The number of nitrogens with two attached hydrogens (primary N) is 1. The number of nitrogens with one attached hydrogen (secondary N) is 8. The second-order valence-electron chi connectivity index (χ2n) is 20.0. The fourth-order valence-corrected chi connectivity index (χ4v) is 8.48. The topological polar surface area (TPSA) is 465 Å². The maximum Gasteiger partial charge on any atom is 0.326 e. The summed E-state index contributed by atoms with van der Waals surface area (Å²) >= 11 is 1.68. The number of ether oxygens (including phenoxy) is 4. The van der Waals surface area contributed by atoms with Gasteiger partial charge in [-0.25, -0.2) is 17.9 Å². The van der Waals surface area contributed by atoms with E-state index in [2.05, 4.69) is 40.7 Å². The number of rotatable bonds is 58. The fourth-order valence-electron chi connectivity index (χ4n) is 8.00. The van der Waals surface area contributed by atoms with Crippen molar-refractivity contribution in [3.05, 3.63) is 0 Å². The Balaban J connectivity index is 4.05. The molecule has 0 saturated heterocycles. The highest BCUT2D eigenvalue weighted by molar-refractivity contribution is 14.1. The van der Waals surface area contributed by atoms with Crippen molar-refractivity contribution in [2.75, 3.05) is 79.1 Å². The number of carboxylic acids is 4. The van der Waals surface area contributed by atoms with E-state index in [1.807, 2.05) is 0 Å². The molecule has 0 aliphatic rings. The van der Waals surface area contributed by atoms with Gasteiger partial charge < -0.3 is 87.4 Å². The fraction of sp³-hybridized carbons (Fsp3) is 0.778. The highest BCUT2D eigenvalue weighted by atomic mass is 127. The molecule has 0 aromatic carbocycles. The van der Waals surface area contributed by atoms with E-state index >= 15 is 0 Å². The van der Waals surface area contributed by atoms with Crippen molar-refractivity contribution in [1.29, 1.82) is 0 Å². The van der Waals surface area contributed by atoms with Gasteiger partial charge in [-0.05, 0) is 51.4 Å². The minimum Gasteiger partial charge on any atom is -0.481 e. The zero-order valence-corrected chi connectivity index (χ0v) is 50.9. The first kappa shape index (κ1) is 79.1. The first-order valence-electron chi connectivity index (χ1n) is 29.2. The Hall–Kier alpha value is -5.87. The van der Waals surface area contributed by atoms with E-state index in [-0.39, 0.29) is 117 Å². The highest BCUT2D eigenvalue weighted by Crippen LogP contribution is 2.14. The number of amides is 8. The van der Waals surface area contributed by atoms with Gasteiger partial charge in [-0.1, -0.05) is 77.0 Å². The van der Waals surface area contributed by atoms with Gasteiger partial charge in [0.05, 0.1) is 46.2 Å². The molecule has 30 nitrogen and oxygen atoms in total. The number of aliphatic carboxylic acids is 4. The predicted octanol–water partition coefficient (Wildman–Crippen LogP) is 0.217. The number of aliphatic hydroxyl groups is 1. The third-order valence-electron chi connectivity index (χ3n) is 12.8. The molecule has 0 aromatic rings. The van der Waals surface area contributed by atoms with Gasteiger partial charge in [-0.15, -0.1) is 0 Å². The van der Waals surface area contributed by atoms with E-state index in [1.54, 1.807) is 22.9 Å². The van der Waals surface area contributed by atoms with Gasteiger partial charge in [0.2, 0.25) is 47.3 Å². The Kier molecular flexibility index (Phi) is 48.8. The van der Waals surface area contributed by atoms with E-state index in [4.69, 9.17) is 29.8 Å². The molecule has 0 unspecified atom stereocenters. The minimum absolute atomic E-state index is 0.0200. The van der Waals surface area contributed by atoms with Crippen LogP contribution in [-0.2, 0) is 76.5 Å². The van der Waals surface area contributed by atoms with Gasteiger partial charge in [-0.2, -0.15) is 0 Å². The van der Waals surface area contributed by atoms with Crippen LogP contribution in [0.3, 0.4) is 0 Å². The average Bonchev–Trinajstić information content (AvgIpc) is 3.55. The lowest BCUT2D eigenvalue weighted by atomic mass is 10.0. The maximum absolute atomic E-state index is 12.5. The second kappa shape index (κ2) is 52.5. The summed E-state index contributed by atoms with van der Waals surface area (Å²) in [5, 5.41) is 63.8. The summed E-state index contributed by atoms with van der Waals surface area (Å²) in [5.41, 5.74) is 5.35. The number of hydrogen-bond donors (Lipinski definition) is 14. The number of unbranched alkanes of at least 4 members (excludes halogenated alkanes) is 14. The summed E-state index contributed by atoms with van der Waals surface area (Å²) in [7, 11) is 0. The number of carbonyl (C=O) groups excluding carboxylic acids is 8. The van der Waals surface area contributed by atoms with Gasteiger partial charge in [-0.3, -0.25) is 43.2 Å². The minimum atomic E-state index is -1.52. The SMILES string of the molecule is NC(=O)[C@H](CCCCNC(=O)CC[C@H](NC(=O)CC[C@H](NC(=O)COCCOCCNC(=O)COCCOCCNC(=O)CC[C@H](NC(=O)CCCCCCCCCCCCCCCCC(=O)O)C(=O)O)C(=O)O)C(=O)O)NC(=O)[C@H](CO)NI. The van der Waals surface area contributed by atoms with Crippen molar-refractivity contribution in [2.45, 2.75) is 191 Å². The number of carbonyl (C=O) groups is 12. The molecular weight excluding hydrogens is 1240 g/mol. The Bertz CT molecular complexity index is 1990. The van der Waals surface area contributed by atoms with Gasteiger partial charge in [0.1, 0.15) is 43.4 Å². The lowest BCUT2D eigenvalue weighted by Crippen LogP contribution is -2.51. The largest absolute Gasteiger partial charge is 0.481 e. The summed E-state index contributed by atoms with van der Waals surface area (Å²) in [6.07, 6.45) is 14.4. The van der Waals surface area contributed by atoms with Crippen LogP contribution in [0.2, 0.25) is 0 Å². The number of carboxylic acid groups (broad SMARTS) is 4. The molecule has 0 heterocycles. The Morgan fingerprint density at radius 2 is 0.741 bits per heavy atom. The van der Waals surface area contributed by atoms with E-state index in [0.29, 0.717) is 19.3 Å². The molecule has 8 amide bonds. The van der Waals surface area contributed by atoms with Crippen LogP contribution in [0.15, 0.2) is 0 Å². The molecule has 5 atom stereocenters. The molecule has 0 bridgehead atoms. The third kappa shape index (κ3) is 47.0. The molecule has 85 heavy (non-hydrogen) atoms. The van der Waals surface area contributed by atoms with Crippen LogP contribution in [0.4, 0.5) is 0 Å². The molecule has 0 aromatic heterocycles.